The summed E-state index contributed by atoms with van der Waals surface area (Å²) in [5.74, 6) is 0.456. The highest BCUT2D eigenvalue weighted by Gasteiger charge is 2.16. The molecule has 8 nitrogen and oxygen atoms in total. The Hall–Kier alpha value is -4.24. The molecule has 0 saturated heterocycles. The van der Waals surface area contributed by atoms with Crippen molar-refractivity contribution in [1.82, 2.24) is 30.0 Å². The number of aromatic nitrogens is 6. The molecule has 0 aliphatic carbocycles. The van der Waals surface area contributed by atoms with E-state index in [2.05, 4.69) is 25.6 Å². The van der Waals surface area contributed by atoms with Gasteiger partial charge in [-0.2, -0.15) is 4.68 Å². The van der Waals surface area contributed by atoms with Crippen LogP contribution < -0.4 is 5.56 Å². The number of nitrogens with zero attached hydrogens (tertiary/aromatic N) is 6. The molecule has 0 atom stereocenters. The number of hydrogen-bond donors (Lipinski definition) is 1. The van der Waals surface area contributed by atoms with Gasteiger partial charge < -0.3 is 0 Å². The smallest absolute Gasteiger partial charge is 0.280 e. The Morgan fingerprint density at radius 3 is 2.32 bits per heavy atom. The van der Waals surface area contributed by atoms with Crippen molar-refractivity contribution in [2.45, 2.75) is 17.8 Å². The Morgan fingerprint density at radius 2 is 1.62 bits per heavy atom. The largest absolute Gasteiger partial charge is 0.293 e. The fourth-order valence-electron chi connectivity index (χ4n) is 3.40. The van der Waals surface area contributed by atoms with Crippen LogP contribution in [0.5, 0.6) is 0 Å². The lowest BCUT2D eigenvalue weighted by Gasteiger charge is -2.04. The number of rotatable bonds is 7. The van der Waals surface area contributed by atoms with Gasteiger partial charge in [0.25, 0.3) is 5.56 Å². The van der Waals surface area contributed by atoms with Crippen LogP contribution in [0.3, 0.4) is 0 Å². The van der Waals surface area contributed by atoms with Gasteiger partial charge in [-0.25, -0.2) is 4.68 Å². The van der Waals surface area contributed by atoms with Gasteiger partial charge in [-0.3, -0.25) is 14.9 Å². The fraction of sp³-hybridized carbons (Fsp3) is 0.0800. The van der Waals surface area contributed by atoms with Crippen LogP contribution in [0.15, 0.2) is 99.9 Å². The molecule has 3 aromatic carbocycles. The van der Waals surface area contributed by atoms with Crippen LogP contribution in [0.4, 0.5) is 5.69 Å². The molecule has 2 heterocycles. The summed E-state index contributed by atoms with van der Waals surface area (Å²) in [6.07, 6.45) is 1.62. The first-order valence-electron chi connectivity index (χ1n) is 10.7. The summed E-state index contributed by atoms with van der Waals surface area (Å²) in [7, 11) is 0. The zero-order valence-corrected chi connectivity index (χ0v) is 19.2. The summed E-state index contributed by atoms with van der Waals surface area (Å²) in [6.45, 7) is 2.02. The zero-order valence-electron chi connectivity index (χ0n) is 18.4. The summed E-state index contributed by atoms with van der Waals surface area (Å²) in [5.41, 5.74) is 4.62. The number of hydrogen-bond acceptors (Lipinski definition) is 6. The number of aryl methyl sites for hydroxylation is 1. The molecule has 2 aromatic heterocycles. The lowest BCUT2D eigenvalue weighted by Crippen LogP contribution is -2.17. The highest BCUT2D eigenvalue weighted by Crippen LogP contribution is 2.23. The summed E-state index contributed by atoms with van der Waals surface area (Å²) < 4.78 is 3.21. The van der Waals surface area contributed by atoms with Crippen molar-refractivity contribution >= 4 is 23.7 Å². The maximum Gasteiger partial charge on any atom is 0.280 e. The molecular formula is C25H21N7OS. The van der Waals surface area contributed by atoms with E-state index in [1.807, 2.05) is 91.9 Å². The van der Waals surface area contributed by atoms with Gasteiger partial charge in [0, 0.05) is 12.0 Å². The molecule has 0 bridgehead atoms. The molecule has 34 heavy (non-hydrogen) atoms. The summed E-state index contributed by atoms with van der Waals surface area (Å²) >= 11 is 1.44. The van der Waals surface area contributed by atoms with Crippen LogP contribution in [0.2, 0.25) is 0 Å². The Balaban J connectivity index is 1.48. The summed E-state index contributed by atoms with van der Waals surface area (Å²) in [4.78, 5) is 17.8. The molecular weight excluding hydrogens is 446 g/mol. The van der Waals surface area contributed by atoms with E-state index in [-0.39, 0.29) is 5.56 Å². The van der Waals surface area contributed by atoms with Crippen molar-refractivity contribution in [2.75, 3.05) is 0 Å². The van der Waals surface area contributed by atoms with E-state index in [1.165, 1.54) is 16.4 Å². The quantitative estimate of drug-likeness (QED) is 0.281. The van der Waals surface area contributed by atoms with E-state index >= 15 is 0 Å². The van der Waals surface area contributed by atoms with Crippen molar-refractivity contribution in [3.8, 4) is 11.4 Å². The van der Waals surface area contributed by atoms with E-state index in [0.29, 0.717) is 16.5 Å². The van der Waals surface area contributed by atoms with Gasteiger partial charge in [-0.05, 0) is 53.7 Å². The maximum absolute atomic E-state index is 13.3. The second kappa shape index (κ2) is 9.72. The zero-order chi connectivity index (χ0) is 23.3. The van der Waals surface area contributed by atoms with E-state index in [9.17, 15) is 4.79 Å². The average molecular weight is 468 g/mol. The number of tetrazole rings is 1. The lowest BCUT2D eigenvalue weighted by atomic mass is 10.2. The third kappa shape index (κ3) is 4.60. The van der Waals surface area contributed by atoms with Crippen LogP contribution in [0.25, 0.3) is 11.4 Å². The minimum atomic E-state index is -0.166. The Kier molecular flexibility index (Phi) is 6.17. The van der Waals surface area contributed by atoms with Crippen LogP contribution in [-0.2, 0) is 5.75 Å². The second-order valence-electron chi connectivity index (χ2n) is 7.57. The molecule has 168 valence electrons. The third-order valence-corrected chi connectivity index (χ3v) is 6.13. The number of thioether (sulfide) groups is 1. The van der Waals surface area contributed by atoms with Crippen molar-refractivity contribution in [3.05, 3.63) is 112 Å². The summed E-state index contributed by atoms with van der Waals surface area (Å²) in [5, 5.41) is 16.0. The van der Waals surface area contributed by atoms with Gasteiger partial charge in [-0.15, -0.1) is 5.10 Å². The number of aromatic amines is 1. The Morgan fingerprint density at radius 1 is 0.941 bits per heavy atom. The molecule has 0 unspecified atom stereocenters. The van der Waals surface area contributed by atoms with Crippen molar-refractivity contribution in [1.29, 1.82) is 0 Å². The van der Waals surface area contributed by atoms with Crippen molar-refractivity contribution < 1.29 is 0 Å². The van der Waals surface area contributed by atoms with Gasteiger partial charge in [0.2, 0.25) is 5.16 Å². The molecule has 5 rings (SSSR count). The second-order valence-corrected chi connectivity index (χ2v) is 8.51. The highest BCUT2D eigenvalue weighted by molar-refractivity contribution is 7.98. The van der Waals surface area contributed by atoms with Crippen LogP contribution in [-0.4, -0.2) is 36.2 Å². The first-order valence-corrected chi connectivity index (χ1v) is 11.6. The number of nitrogens with one attached hydrogen (secondary N) is 1. The topological polar surface area (TPSA) is 93.8 Å². The van der Waals surface area contributed by atoms with Gasteiger partial charge in [0.15, 0.2) is 0 Å². The number of benzene rings is 3. The predicted molar refractivity (Wildman–Crippen MR) is 134 cm³/mol. The van der Waals surface area contributed by atoms with Gasteiger partial charge in [0.1, 0.15) is 0 Å². The molecule has 0 radical (unpaired) electrons. The van der Waals surface area contributed by atoms with Crippen molar-refractivity contribution in [2.24, 2.45) is 4.99 Å². The molecule has 0 amide bonds. The minimum Gasteiger partial charge on any atom is -0.293 e. The van der Waals surface area contributed by atoms with Gasteiger partial charge in [-0.1, -0.05) is 65.9 Å². The van der Waals surface area contributed by atoms with Gasteiger partial charge in [0.05, 0.1) is 28.3 Å². The summed E-state index contributed by atoms with van der Waals surface area (Å²) in [6, 6.07) is 27.0. The molecule has 0 spiro atoms. The lowest BCUT2D eigenvalue weighted by molar-refractivity contribution is 0.756. The first kappa shape index (κ1) is 21.6. The van der Waals surface area contributed by atoms with Crippen LogP contribution in [0, 0.1) is 6.92 Å². The molecule has 5 aromatic rings. The van der Waals surface area contributed by atoms with E-state index in [0.717, 1.165) is 28.3 Å². The third-order valence-electron chi connectivity index (χ3n) is 5.18. The van der Waals surface area contributed by atoms with Crippen LogP contribution in [0.1, 0.15) is 16.8 Å². The Labute approximate surface area is 200 Å². The predicted octanol–water partition coefficient (Wildman–Crippen LogP) is 4.49. The normalized spacial score (nSPS) is 11.3. The molecule has 0 aliphatic rings. The standard InChI is InChI=1S/C25H21N7OS/c1-18-12-14-19(15-13-18)26-16-22-23(28-31(24(22)33)20-8-4-2-5-9-20)17-34-25-27-29-30-32(25)21-10-6-3-7-11-21/h2-16,28H,17H2,1H3. The molecule has 0 fully saturated rings. The highest BCUT2D eigenvalue weighted by atomic mass is 32.2. The fourth-order valence-corrected chi connectivity index (χ4v) is 4.26. The van der Waals surface area contributed by atoms with Crippen molar-refractivity contribution in [3.63, 3.8) is 0 Å². The molecule has 0 aliphatic heterocycles. The molecule has 0 saturated carbocycles. The SMILES string of the molecule is Cc1ccc(N=Cc2c(CSc3nnnn3-c3ccccc3)[nH]n(-c3ccccc3)c2=O)cc1. The number of para-hydroxylation sites is 2. The minimum absolute atomic E-state index is 0.166. The van der Waals surface area contributed by atoms with E-state index in [1.54, 1.807) is 10.9 Å². The van der Waals surface area contributed by atoms with E-state index in [4.69, 9.17) is 0 Å². The average Bonchev–Trinajstić information content (AvgIpc) is 3.48. The molecule has 1 N–H and O–H groups in total. The number of H-pyrrole nitrogens is 1. The van der Waals surface area contributed by atoms with Gasteiger partial charge >= 0.3 is 0 Å². The Bertz CT molecular complexity index is 1470. The molecule has 9 heteroatoms. The first-order chi connectivity index (χ1) is 16.7. The number of aliphatic imine (C=N–C) groups is 1. The van der Waals surface area contributed by atoms with E-state index < -0.39 is 0 Å². The monoisotopic (exact) mass is 467 g/mol. The van der Waals surface area contributed by atoms with Crippen LogP contribution >= 0.6 is 11.8 Å². The maximum atomic E-state index is 13.3.